The van der Waals surface area contributed by atoms with Gasteiger partial charge >= 0.3 is 0 Å². The number of rotatable bonds is 6. The van der Waals surface area contributed by atoms with E-state index in [1.807, 2.05) is 7.05 Å². The summed E-state index contributed by atoms with van der Waals surface area (Å²) >= 11 is 2.90. The summed E-state index contributed by atoms with van der Waals surface area (Å²) in [5, 5.41) is 0. The maximum Gasteiger partial charge on any atom is 0.221 e. The van der Waals surface area contributed by atoms with Crippen molar-refractivity contribution < 1.29 is 8.42 Å². The number of nitrogens with one attached hydrogen (secondary N) is 1. The van der Waals surface area contributed by atoms with Crippen LogP contribution in [0, 0.1) is 0 Å². The van der Waals surface area contributed by atoms with E-state index in [4.69, 9.17) is 0 Å². The van der Waals surface area contributed by atoms with Crippen molar-refractivity contribution in [3.8, 4) is 0 Å². The van der Waals surface area contributed by atoms with Gasteiger partial charge in [-0.2, -0.15) is 0 Å². The monoisotopic (exact) mass is 272 g/mol. The number of likely N-dealkylation sites (N-methyl/N-ethyl adjacent to an activating group) is 1. The van der Waals surface area contributed by atoms with Crippen molar-refractivity contribution in [2.75, 3.05) is 24.8 Å². The molecule has 0 fully saturated rings. The highest BCUT2D eigenvalue weighted by Crippen LogP contribution is 1.93. The smallest absolute Gasteiger partial charge is 0.221 e. The Balaban J connectivity index is 3.69. The van der Waals surface area contributed by atoms with E-state index in [1.165, 1.54) is 0 Å². The number of hydrogen-bond acceptors (Lipinski definition) is 3. The Hall–Kier alpha value is 0.350. The van der Waals surface area contributed by atoms with Crippen LogP contribution in [0.15, 0.2) is 0 Å². The van der Waals surface area contributed by atoms with Gasteiger partial charge in [-0.15, -0.1) is 0 Å². The molecule has 0 saturated carbocycles. The summed E-state index contributed by atoms with van der Waals surface area (Å²) in [6, 6.07) is 0.438. The van der Waals surface area contributed by atoms with Gasteiger partial charge in [-0.1, -0.05) is 15.9 Å². The van der Waals surface area contributed by atoms with Crippen LogP contribution in [0.2, 0.25) is 0 Å². The fourth-order valence-electron chi connectivity index (χ4n) is 0.674. The second-order valence-corrected chi connectivity index (χ2v) is 6.30. The molecule has 1 N–H and O–H groups in total. The molecule has 0 atom stereocenters. The Morgan fingerprint density at radius 1 is 1.46 bits per heavy atom. The third-order valence-electron chi connectivity index (χ3n) is 1.81. The van der Waals surface area contributed by atoms with Crippen LogP contribution in [0.5, 0.6) is 0 Å². The molecule has 80 valence electrons. The van der Waals surface area contributed by atoms with Crippen LogP contribution in [0.3, 0.4) is 0 Å². The predicted octanol–water partition coefficient (Wildman–Crippen LogP) is 0.598. The molecule has 0 unspecified atom stereocenters. The molecule has 0 saturated heterocycles. The van der Waals surface area contributed by atoms with Crippen LogP contribution in [-0.2, 0) is 10.0 Å². The van der Waals surface area contributed by atoms with Gasteiger partial charge in [0.1, 0.15) is 4.66 Å². The van der Waals surface area contributed by atoms with Crippen LogP contribution in [0.1, 0.15) is 13.8 Å². The fourth-order valence-corrected chi connectivity index (χ4v) is 1.64. The van der Waals surface area contributed by atoms with E-state index < -0.39 is 10.0 Å². The van der Waals surface area contributed by atoms with Gasteiger partial charge in [0.15, 0.2) is 0 Å². The zero-order valence-electron chi connectivity index (χ0n) is 8.25. The average molecular weight is 273 g/mol. The summed E-state index contributed by atoms with van der Waals surface area (Å²) in [6.45, 7) is 5.32. The highest BCUT2D eigenvalue weighted by molar-refractivity contribution is 9.10. The summed E-state index contributed by atoms with van der Waals surface area (Å²) in [5.74, 6) is 0. The van der Waals surface area contributed by atoms with Crippen molar-refractivity contribution in [2.24, 2.45) is 0 Å². The van der Waals surface area contributed by atoms with Gasteiger partial charge in [-0.25, -0.2) is 13.1 Å². The van der Waals surface area contributed by atoms with Crippen LogP contribution >= 0.6 is 15.9 Å². The Morgan fingerprint density at radius 3 is 2.38 bits per heavy atom. The molecule has 0 spiro atoms. The fraction of sp³-hybridized carbons (Fsp3) is 1.00. The molecule has 0 heterocycles. The van der Waals surface area contributed by atoms with Gasteiger partial charge in [0.05, 0.1) is 0 Å². The van der Waals surface area contributed by atoms with E-state index in [1.54, 1.807) is 0 Å². The third-order valence-corrected chi connectivity index (χ3v) is 4.55. The molecular weight excluding hydrogens is 256 g/mol. The number of alkyl halides is 1. The third kappa shape index (κ3) is 6.42. The van der Waals surface area contributed by atoms with Crippen LogP contribution in [0.4, 0.5) is 0 Å². The zero-order valence-corrected chi connectivity index (χ0v) is 10.7. The van der Waals surface area contributed by atoms with E-state index in [9.17, 15) is 8.42 Å². The summed E-state index contributed by atoms with van der Waals surface area (Å²) in [5.41, 5.74) is 0. The molecule has 0 aromatic heterocycles. The minimum Gasteiger partial charge on any atom is -0.303 e. The van der Waals surface area contributed by atoms with Crippen LogP contribution in [-0.4, -0.2) is 44.2 Å². The summed E-state index contributed by atoms with van der Waals surface area (Å²) < 4.78 is 24.4. The lowest BCUT2D eigenvalue weighted by Gasteiger charge is -2.20. The molecule has 0 aliphatic rings. The lowest BCUT2D eigenvalue weighted by molar-refractivity contribution is 0.278. The van der Waals surface area contributed by atoms with E-state index in [0.29, 0.717) is 12.6 Å². The number of sulfonamides is 1. The molecular formula is C7H17BrN2O2S. The van der Waals surface area contributed by atoms with Gasteiger partial charge in [-0.05, 0) is 20.9 Å². The van der Waals surface area contributed by atoms with E-state index in [0.717, 1.165) is 6.54 Å². The normalized spacial score (nSPS) is 12.8. The molecule has 0 rings (SSSR count). The first-order chi connectivity index (χ1) is 5.89. The lowest BCUT2D eigenvalue weighted by atomic mass is 10.3. The topological polar surface area (TPSA) is 49.4 Å². The zero-order chi connectivity index (χ0) is 10.5. The first-order valence-corrected chi connectivity index (χ1v) is 6.90. The Labute approximate surface area is 88.9 Å². The Morgan fingerprint density at radius 2 is 2.00 bits per heavy atom. The number of nitrogens with zero attached hydrogens (tertiary/aromatic N) is 1. The number of hydrogen-bond donors (Lipinski definition) is 1. The van der Waals surface area contributed by atoms with Crippen LogP contribution < -0.4 is 4.72 Å². The largest absolute Gasteiger partial charge is 0.303 e. The molecule has 0 bridgehead atoms. The molecule has 0 aromatic carbocycles. The molecule has 0 aliphatic heterocycles. The van der Waals surface area contributed by atoms with E-state index in [2.05, 4.69) is 39.4 Å². The van der Waals surface area contributed by atoms with Crippen molar-refractivity contribution in [2.45, 2.75) is 19.9 Å². The predicted molar refractivity (Wildman–Crippen MR) is 58.5 cm³/mol. The summed E-state index contributed by atoms with van der Waals surface area (Å²) in [7, 11) is -1.14. The minimum atomic E-state index is -3.10. The molecule has 0 radical (unpaired) electrons. The highest BCUT2D eigenvalue weighted by Gasteiger charge is 2.08. The summed E-state index contributed by atoms with van der Waals surface area (Å²) in [4.78, 5) is 2.08. The first kappa shape index (κ1) is 13.4. The second kappa shape index (κ2) is 5.95. The quantitative estimate of drug-likeness (QED) is 0.721. The maximum atomic E-state index is 11.0. The molecule has 0 amide bonds. The Bertz CT molecular complexity index is 229. The van der Waals surface area contributed by atoms with Crippen molar-refractivity contribution in [1.82, 2.24) is 9.62 Å². The molecule has 6 heteroatoms. The van der Waals surface area contributed by atoms with Crippen LogP contribution in [0.25, 0.3) is 0 Å². The lowest BCUT2D eigenvalue weighted by Crippen LogP contribution is -2.36. The first-order valence-electron chi connectivity index (χ1n) is 4.12. The van der Waals surface area contributed by atoms with Gasteiger partial charge in [0.2, 0.25) is 10.0 Å². The van der Waals surface area contributed by atoms with Gasteiger partial charge in [-0.3, -0.25) is 0 Å². The summed E-state index contributed by atoms with van der Waals surface area (Å²) in [6.07, 6.45) is 0. The number of halogens is 1. The molecule has 13 heavy (non-hydrogen) atoms. The van der Waals surface area contributed by atoms with E-state index >= 15 is 0 Å². The standard InChI is InChI=1S/C7H17BrN2O2S/c1-7(2)10(3)5-4-9-13(11,12)6-8/h7,9H,4-6H2,1-3H3. The van der Waals surface area contributed by atoms with Crippen molar-refractivity contribution >= 4 is 26.0 Å². The van der Waals surface area contributed by atoms with Gasteiger partial charge in [0, 0.05) is 19.1 Å². The molecule has 0 aliphatic carbocycles. The minimum absolute atomic E-state index is 0.0363. The highest BCUT2D eigenvalue weighted by atomic mass is 79.9. The second-order valence-electron chi connectivity index (χ2n) is 3.19. The van der Waals surface area contributed by atoms with Crippen molar-refractivity contribution in [3.63, 3.8) is 0 Å². The average Bonchev–Trinajstić information content (AvgIpc) is 2.04. The SMILES string of the molecule is CC(C)N(C)CCNS(=O)(=O)CBr. The molecule has 4 nitrogen and oxygen atoms in total. The van der Waals surface area contributed by atoms with E-state index in [-0.39, 0.29) is 4.66 Å². The van der Waals surface area contributed by atoms with Gasteiger partial charge in [0.25, 0.3) is 0 Å². The van der Waals surface area contributed by atoms with Crippen molar-refractivity contribution in [3.05, 3.63) is 0 Å². The van der Waals surface area contributed by atoms with Gasteiger partial charge < -0.3 is 4.90 Å². The molecule has 0 aromatic rings. The maximum absolute atomic E-state index is 11.0. The van der Waals surface area contributed by atoms with Crippen molar-refractivity contribution in [1.29, 1.82) is 0 Å². The Kier molecular flexibility index (Phi) is 6.11.